The van der Waals surface area contributed by atoms with Gasteiger partial charge in [0.05, 0.1) is 30.5 Å². The van der Waals surface area contributed by atoms with E-state index in [1.807, 2.05) is 6.07 Å². The Labute approximate surface area is 92.5 Å². The second-order valence-electron chi connectivity index (χ2n) is 3.36. The molecule has 0 aliphatic heterocycles. The highest BCUT2D eigenvalue weighted by Crippen LogP contribution is 2.15. The standard InChI is InChI=1S/C12H11NO3/c1-16-12(15)9-3-5-11-8(6-9)2-4-10(7-14)13-11/h2-6,14H,7H2,1H3. The SMILES string of the molecule is COC(=O)c1ccc2nc(CO)ccc2c1. The predicted octanol–water partition coefficient (Wildman–Crippen LogP) is 1.51. The molecule has 0 fully saturated rings. The van der Waals surface area contributed by atoms with Crippen molar-refractivity contribution in [3.63, 3.8) is 0 Å². The number of carbonyl (C=O) groups excluding carboxylic acids is 1. The van der Waals surface area contributed by atoms with Gasteiger partial charge in [0.25, 0.3) is 0 Å². The summed E-state index contributed by atoms with van der Waals surface area (Å²) in [7, 11) is 1.35. The average Bonchev–Trinajstić information content (AvgIpc) is 2.36. The topological polar surface area (TPSA) is 59.4 Å². The summed E-state index contributed by atoms with van der Waals surface area (Å²) in [4.78, 5) is 15.5. The van der Waals surface area contributed by atoms with E-state index in [1.165, 1.54) is 7.11 Å². The van der Waals surface area contributed by atoms with E-state index in [9.17, 15) is 4.79 Å². The maximum Gasteiger partial charge on any atom is 0.337 e. The zero-order valence-corrected chi connectivity index (χ0v) is 8.80. The van der Waals surface area contributed by atoms with Crippen LogP contribution in [0, 0.1) is 0 Å². The number of nitrogens with zero attached hydrogens (tertiary/aromatic N) is 1. The lowest BCUT2D eigenvalue weighted by Gasteiger charge is -2.03. The van der Waals surface area contributed by atoms with Gasteiger partial charge in [0.15, 0.2) is 0 Å². The van der Waals surface area contributed by atoms with Crippen molar-refractivity contribution >= 4 is 16.9 Å². The Morgan fingerprint density at radius 3 is 2.88 bits per heavy atom. The number of rotatable bonds is 2. The van der Waals surface area contributed by atoms with Crippen molar-refractivity contribution in [3.8, 4) is 0 Å². The molecule has 4 heteroatoms. The number of hydrogen-bond acceptors (Lipinski definition) is 4. The number of pyridine rings is 1. The lowest BCUT2D eigenvalue weighted by molar-refractivity contribution is 0.0601. The molecule has 0 spiro atoms. The smallest absolute Gasteiger partial charge is 0.337 e. The van der Waals surface area contributed by atoms with E-state index in [1.54, 1.807) is 24.3 Å². The minimum atomic E-state index is -0.367. The first-order valence-corrected chi connectivity index (χ1v) is 4.83. The van der Waals surface area contributed by atoms with Crippen molar-refractivity contribution in [2.45, 2.75) is 6.61 Å². The van der Waals surface area contributed by atoms with Gasteiger partial charge < -0.3 is 9.84 Å². The van der Waals surface area contributed by atoms with Gasteiger partial charge >= 0.3 is 5.97 Å². The third-order valence-corrected chi connectivity index (χ3v) is 2.33. The Hall–Kier alpha value is -1.94. The molecule has 0 saturated carbocycles. The summed E-state index contributed by atoms with van der Waals surface area (Å²) >= 11 is 0. The summed E-state index contributed by atoms with van der Waals surface area (Å²) in [6.07, 6.45) is 0. The first-order chi connectivity index (χ1) is 7.74. The number of carbonyl (C=O) groups is 1. The van der Waals surface area contributed by atoms with E-state index in [-0.39, 0.29) is 12.6 Å². The summed E-state index contributed by atoms with van der Waals surface area (Å²) < 4.78 is 4.63. The number of esters is 1. The van der Waals surface area contributed by atoms with Crippen LogP contribution in [0.1, 0.15) is 16.1 Å². The zero-order valence-electron chi connectivity index (χ0n) is 8.80. The van der Waals surface area contributed by atoms with E-state index in [2.05, 4.69) is 9.72 Å². The van der Waals surface area contributed by atoms with Gasteiger partial charge in [-0.2, -0.15) is 0 Å². The fourth-order valence-corrected chi connectivity index (χ4v) is 1.50. The van der Waals surface area contributed by atoms with Crippen molar-refractivity contribution in [2.24, 2.45) is 0 Å². The first kappa shape index (κ1) is 10.6. The van der Waals surface area contributed by atoms with Crippen LogP contribution in [0.15, 0.2) is 30.3 Å². The van der Waals surface area contributed by atoms with Crippen molar-refractivity contribution in [1.82, 2.24) is 4.98 Å². The maximum absolute atomic E-state index is 11.3. The fraction of sp³-hybridized carbons (Fsp3) is 0.167. The lowest BCUT2D eigenvalue weighted by Crippen LogP contribution is -2.01. The number of ether oxygens (including phenoxy) is 1. The molecule has 0 unspecified atom stereocenters. The second-order valence-corrected chi connectivity index (χ2v) is 3.36. The van der Waals surface area contributed by atoms with Gasteiger partial charge in [0.2, 0.25) is 0 Å². The molecule has 0 aliphatic rings. The van der Waals surface area contributed by atoms with Crippen molar-refractivity contribution < 1.29 is 14.6 Å². The number of aromatic nitrogens is 1. The van der Waals surface area contributed by atoms with Crippen molar-refractivity contribution in [3.05, 3.63) is 41.6 Å². The van der Waals surface area contributed by atoms with Gasteiger partial charge in [0.1, 0.15) is 0 Å². The van der Waals surface area contributed by atoms with Crippen LogP contribution >= 0.6 is 0 Å². The molecular weight excluding hydrogens is 206 g/mol. The van der Waals surface area contributed by atoms with Gasteiger partial charge in [-0.05, 0) is 24.3 Å². The molecule has 0 saturated heterocycles. The minimum Gasteiger partial charge on any atom is -0.465 e. The Kier molecular flexibility index (Phi) is 2.83. The molecule has 0 atom stereocenters. The molecule has 0 radical (unpaired) electrons. The van der Waals surface area contributed by atoms with E-state index in [0.717, 1.165) is 10.9 Å². The molecule has 16 heavy (non-hydrogen) atoms. The highest BCUT2D eigenvalue weighted by atomic mass is 16.5. The summed E-state index contributed by atoms with van der Waals surface area (Å²) in [5.74, 6) is -0.367. The maximum atomic E-state index is 11.3. The molecular formula is C12H11NO3. The summed E-state index contributed by atoms with van der Waals surface area (Å²) in [5.41, 5.74) is 1.85. The molecule has 4 nitrogen and oxygen atoms in total. The van der Waals surface area contributed by atoms with Crippen LogP contribution in [0.25, 0.3) is 10.9 Å². The largest absolute Gasteiger partial charge is 0.465 e. The average molecular weight is 217 g/mol. The predicted molar refractivity (Wildman–Crippen MR) is 59.0 cm³/mol. The molecule has 0 bridgehead atoms. The van der Waals surface area contributed by atoms with Crippen molar-refractivity contribution in [1.29, 1.82) is 0 Å². The summed E-state index contributed by atoms with van der Waals surface area (Å²) in [6.45, 7) is -0.0886. The molecule has 1 N–H and O–H groups in total. The number of benzene rings is 1. The molecule has 2 aromatic rings. The molecule has 1 heterocycles. The molecule has 0 amide bonds. The van der Waals surface area contributed by atoms with Crippen LogP contribution in [0.5, 0.6) is 0 Å². The molecule has 1 aromatic heterocycles. The third kappa shape index (κ3) is 1.87. The third-order valence-electron chi connectivity index (χ3n) is 2.33. The first-order valence-electron chi connectivity index (χ1n) is 4.83. The Morgan fingerprint density at radius 2 is 2.19 bits per heavy atom. The van der Waals surface area contributed by atoms with Crippen LogP contribution < -0.4 is 0 Å². The summed E-state index contributed by atoms with van der Waals surface area (Å²) in [5, 5.41) is 9.79. The Bertz CT molecular complexity index is 537. The number of aliphatic hydroxyl groups is 1. The summed E-state index contributed by atoms with van der Waals surface area (Å²) in [6, 6.07) is 8.65. The highest BCUT2D eigenvalue weighted by molar-refractivity contribution is 5.94. The van der Waals surface area contributed by atoms with Gasteiger partial charge in [0, 0.05) is 5.39 Å². The fourth-order valence-electron chi connectivity index (χ4n) is 1.50. The molecule has 2 rings (SSSR count). The van der Waals surface area contributed by atoms with Gasteiger partial charge in [-0.25, -0.2) is 4.79 Å². The van der Waals surface area contributed by atoms with Crippen LogP contribution in [0.3, 0.4) is 0 Å². The van der Waals surface area contributed by atoms with Crippen LogP contribution in [-0.4, -0.2) is 23.2 Å². The molecule has 1 aromatic carbocycles. The molecule has 0 aliphatic carbocycles. The second kappa shape index (κ2) is 4.28. The van der Waals surface area contributed by atoms with Crippen LogP contribution in [-0.2, 0) is 11.3 Å². The quantitative estimate of drug-likeness (QED) is 0.775. The van der Waals surface area contributed by atoms with Gasteiger partial charge in [-0.1, -0.05) is 6.07 Å². The highest BCUT2D eigenvalue weighted by Gasteiger charge is 2.06. The number of aliphatic hydroxyl groups excluding tert-OH is 1. The number of methoxy groups -OCH3 is 1. The van der Waals surface area contributed by atoms with Gasteiger partial charge in [-0.15, -0.1) is 0 Å². The molecule has 82 valence electrons. The van der Waals surface area contributed by atoms with Crippen molar-refractivity contribution in [2.75, 3.05) is 7.11 Å². The number of hydrogen-bond donors (Lipinski definition) is 1. The lowest BCUT2D eigenvalue weighted by atomic mass is 10.1. The monoisotopic (exact) mass is 217 g/mol. The van der Waals surface area contributed by atoms with E-state index < -0.39 is 0 Å². The number of fused-ring (bicyclic) bond motifs is 1. The van der Waals surface area contributed by atoms with E-state index >= 15 is 0 Å². The normalized spacial score (nSPS) is 10.4. The van der Waals surface area contributed by atoms with E-state index in [0.29, 0.717) is 11.3 Å². The van der Waals surface area contributed by atoms with E-state index in [4.69, 9.17) is 5.11 Å². The zero-order chi connectivity index (χ0) is 11.5. The van der Waals surface area contributed by atoms with Gasteiger partial charge in [-0.3, -0.25) is 4.98 Å². The van der Waals surface area contributed by atoms with Crippen LogP contribution in [0.2, 0.25) is 0 Å². The Morgan fingerprint density at radius 1 is 1.38 bits per heavy atom. The van der Waals surface area contributed by atoms with Crippen LogP contribution in [0.4, 0.5) is 0 Å². The Balaban J connectivity index is 2.51. The minimum absolute atomic E-state index is 0.0886.